The van der Waals surface area contributed by atoms with Gasteiger partial charge in [0.25, 0.3) is 10.0 Å². The normalized spacial score (nSPS) is 20.8. The standard InChI is InChI=1S/C12H17BrN2O3S2/c1-2-14-12(16)9-4-3-7-15(8-9)20(17,18)11-6-5-10(13)19-11/h5-6,9H,2-4,7-8H2,1H3,(H,14,16). The number of thiophene rings is 1. The van der Waals surface area contributed by atoms with Crippen LogP contribution < -0.4 is 5.32 Å². The van der Waals surface area contributed by atoms with E-state index in [2.05, 4.69) is 21.2 Å². The number of carbonyl (C=O) groups excluding carboxylic acids is 1. The van der Waals surface area contributed by atoms with Crippen LogP contribution in [0.25, 0.3) is 0 Å². The first kappa shape index (κ1) is 15.9. The molecule has 1 aromatic rings. The van der Waals surface area contributed by atoms with E-state index in [1.165, 1.54) is 15.6 Å². The molecule has 1 aliphatic rings. The predicted molar refractivity (Wildman–Crippen MR) is 82.2 cm³/mol. The summed E-state index contributed by atoms with van der Waals surface area (Å²) in [4.78, 5) is 11.9. The van der Waals surface area contributed by atoms with E-state index in [-0.39, 0.29) is 18.4 Å². The van der Waals surface area contributed by atoms with Crippen molar-refractivity contribution in [2.24, 2.45) is 5.92 Å². The summed E-state index contributed by atoms with van der Waals surface area (Å²) in [6, 6.07) is 3.32. The smallest absolute Gasteiger partial charge is 0.252 e. The van der Waals surface area contributed by atoms with Crippen LogP contribution in [0.4, 0.5) is 0 Å². The van der Waals surface area contributed by atoms with E-state index in [0.717, 1.165) is 10.2 Å². The number of amides is 1. The molecule has 1 amide bonds. The number of carbonyl (C=O) groups is 1. The molecule has 1 saturated heterocycles. The maximum Gasteiger partial charge on any atom is 0.252 e. The zero-order valence-electron chi connectivity index (χ0n) is 11.1. The molecule has 112 valence electrons. The van der Waals surface area contributed by atoms with E-state index in [0.29, 0.717) is 23.7 Å². The van der Waals surface area contributed by atoms with Crippen molar-refractivity contribution in [1.82, 2.24) is 9.62 Å². The first-order chi connectivity index (χ1) is 9.45. The van der Waals surface area contributed by atoms with Gasteiger partial charge in [-0.05, 0) is 47.8 Å². The summed E-state index contributed by atoms with van der Waals surface area (Å²) in [6.45, 7) is 3.18. The molecule has 0 spiro atoms. The number of nitrogens with zero attached hydrogens (tertiary/aromatic N) is 1. The molecule has 20 heavy (non-hydrogen) atoms. The Kier molecular flexibility index (Phi) is 5.22. The van der Waals surface area contributed by atoms with Crippen molar-refractivity contribution in [1.29, 1.82) is 0 Å². The Morgan fingerprint density at radius 3 is 2.90 bits per heavy atom. The summed E-state index contributed by atoms with van der Waals surface area (Å²) in [5, 5.41) is 2.77. The van der Waals surface area contributed by atoms with Crippen molar-refractivity contribution in [3.05, 3.63) is 15.9 Å². The van der Waals surface area contributed by atoms with Gasteiger partial charge in [-0.3, -0.25) is 4.79 Å². The summed E-state index contributed by atoms with van der Waals surface area (Å²) in [7, 11) is -3.48. The largest absolute Gasteiger partial charge is 0.356 e. The van der Waals surface area contributed by atoms with Gasteiger partial charge >= 0.3 is 0 Å². The topological polar surface area (TPSA) is 66.5 Å². The summed E-state index contributed by atoms with van der Waals surface area (Å²) in [5.74, 6) is -0.304. The molecule has 1 N–H and O–H groups in total. The number of piperidine rings is 1. The third-order valence-electron chi connectivity index (χ3n) is 3.25. The molecule has 5 nitrogen and oxygen atoms in total. The number of rotatable bonds is 4. The Balaban J connectivity index is 2.14. The predicted octanol–water partition coefficient (Wildman–Crippen LogP) is 2.05. The van der Waals surface area contributed by atoms with Crippen molar-refractivity contribution in [3.63, 3.8) is 0 Å². The lowest BCUT2D eigenvalue weighted by molar-refractivity contribution is -0.125. The van der Waals surface area contributed by atoms with Crippen LogP contribution in [0.5, 0.6) is 0 Å². The molecule has 1 unspecified atom stereocenters. The molecule has 1 atom stereocenters. The summed E-state index contributed by atoms with van der Waals surface area (Å²) in [5.41, 5.74) is 0. The van der Waals surface area contributed by atoms with E-state index < -0.39 is 10.0 Å². The molecule has 0 aliphatic carbocycles. The van der Waals surface area contributed by atoms with Gasteiger partial charge in [-0.1, -0.05) is 0 Å². The molecule has 0 bridgehead atoms. The third kappa shape index (κ3) is 3.41. The van der Waals surface area contributed by atoms with Crippen molar-refractivity contribution in [2.45, 2.75) is 24.0 Å². The Morgan fingerprint density at radius 2 is 2.30 bits per heavy atom. The molecule has 2 heterocycles. The number of hydrogen-bond acceptors (Lipinski definition) is 4. The maximum absolute atomic E-state index is 12.5. The lowest BCUT2D eigenvalue weighted by atomic mass is 9.99. The molecule has 1 aliphatic heterocycles. The van der Waals surface area contributed by atoms with Crippen molar-refractivity contribution >= 4 is 43.2 Å². The average Bonchev–Trinajstić information content (AvgIpc) is 2.86. The van der Waals surface area contributed by atoms with E-state index in [1.54, 1.807) is 12.1 Å². The Labute approximate surface area is 131 Å². The Hall–Kier alpha value is -0.440. The maximum atomic E-state index is 12.5. The van der Waals surface area contributed by atoms with Gasteiger partial charge in [-0.15, -0.1) is 11.3 Å². The third-order valence-corrected chi connectivity index (χ3v) is 7.20. The van der Waals surface area contributed by atoms with Crippen LogP contribution in [0.3, 0.4) is 0 Å². The zero-order valence-corrected chi connectivity index (χ0v) is 14.4. The second-order valence-corrected chi connectivity index (χ2v) is 9.28. The number of nitrogens with one attached hydrogen (secondary N) is 1. The van der Waals surface area contributed by atoms with Crippen LogP contribution in [0.2, 0.25) is 0 Å². The molecule has 2 rings (SSSR count). The number of hydrogen-bond donors (Lipinski definition) is 1. The van der Waals surface area contributed by atoms with E-state index >= 15 is 0 Å². The fourth-order valence-electron chi connectivity index (χ4n) is 2.26. The summed E-state index contributed by atoms with van der Waals surface area (Å²) >= 11 is 4.47. The monoisotopic (exact) mass is 380 g/mol. The highest BCUT2D eigenvalue weighted by atomic mass is 79.9. The molecule has 1 fully saturated rings. The fourth-order valence-corrected chi connectivity index (χ4v) is 5.94. The van der Waals surface area contributed by atoms with Crippen LogP contribution in [0.1, 0.15) is 19.8 Å². The van der Waals surface area contributed by atoms with Crippen molar-refractivity contribution < 1.29 is 13.2 Å². The quantitative estimate of drug-likeness (QED) is 0.868. The van der Waals surface area contributed by atoms with E-state index in [4.69, 9.17) is 0 Å². The molecule has 0 radical (unpaired) electrons. The second kappa shape index (κ2) is 6.55. The fraction of sp³-hybridized carbons (Fsp3) is 0.583. The molecular weight excluding hydrogens is 364 g/mol. The lowest BCUT2D eigenvalue weighted by Gasteiger charge is -2.30. The first-order valence-corrected chi connectivity index (χ1v) is 9.53. The molecule has 0 aromatic carbocycles. The molecule has 0 saturated carbocycles. The highest BCUT2D eigenvalue weighted by molar-refractivity contribution is 9.11. The van der Waals surface area contributed by atoms with Crippen LogP contribution in [0, 0.1) is 5.92 Å². The van der Waals surface area contributed by atoms with Gasteiger partial charge in [0.05, 0.1) is 9.70 Å². The SMILES string of the molecule is CCNC(=O)C1CCCN(S(=O)(=O)c2ccc(Br)s2)C1. The average molecular weight is 381 g/mol. The summed E-state index contributed by atoms with van der Waals surface area (Å²) in [6.07, 6.45) is 1.46. The van der Waals surface area contributed by atoms with Crippen molar-refractivity contribution in [2.75, 3.05) is 19.6 Å². The zero-order chi connectivity index (χ0) is 14.8. The molecule has 1 aromatic heterocycles. The highest BCUT2D eigenvalue weighted by Crippen LogP contribution is 2.30. The van der Waals surface area contributed by atoms with Crippen LogP contribution >= 0.6 is 27.3 Å². The van der Waals surface area contributed by atoms with Gasteiger partial charge in [0.2, 0.25) is 5.91 Å². The molecule has 8 heteroatoms. The number of halogens is 1. The highest BCUT2D eigenvalue weighted by Gasteiger charge is 2.33. The van der Waals surface area contributed by atoms with Gasteiger partial charge in [0.15, 0.2) is 0 Å². The second-order valence-electron chi connectivity index (χ2n) is 4.66. The summed E-state index contributed by atoms with van der Waals surface area (Å²) < 4.78 is 27.6. The van der Waals surface area contributed by atoms with Crippen molar-refractivity contribution in [3.8, 4) is 0 Å². The first-order valence-electron chi connectivity index (χ1n) is 6.48. The lowest BCUT2D eigenvalue weighted by Crippen LogP contribution is -2.45. The van der Waals surface area contributed by atoms with Gasteiger partial charge in [0, 0.05) is 19.6 Å². The van der Waals surface area contributed by atoms with E-state index in [9.17, 15) is 13.2 Å². The van der Waals surface area contributed by atoms with Gasteiger partial charge in [-0.2, -0.15) is 4.31 Å². The molecular formula is C12H17BrN2O3S2. The minimum Gasteiger partial charge on any atom is -0.356 e. The minimum absolute atomic E-state index is 0.0558. The van der Waals surface area contributed by atoms with Crippen LogP contribution in [-0.2, 0) is 14.8 Å². The van der Waals surface area contributed by atoms with Crippen LogP contribution in [0.15, 0.2) is 20.1 Å². The Bertz CT molecular complexity index is 585. The van der Waals surface area contributed by atoms with Crippen LogP contribution in [-0.4, -0.2) is 38.3 Å². The number of sulfonamides is 1. The van der Waals surface area contributed by atoms with Gasteiger partial charge in [-0.25, -0.2) is 8.42 Å². The van der Waals surface area contributed by atoms with Gasteiger partial charge < -0.3 is 5.32 Å². The van der Waals surface area contributed by atoms with Gasteiger partial charge in [0.1, 0.15) is 4.21 Å². The minimum atomic E-state index is -3.48. The Morgan fingerprint density at radius 1 is 1.55 bits per heavy atom. The van der Waals surface area contributed by atoms with E-state index in [1.807, 2.05) is 6.92 Å².